The summed E-state index contributed by atoms with van der Waals surface area (Å²) in [5.41, 5.74) is 8.99. The molecular formula is C37H62. The quantitative estimate of drug-likeness (QED) is 0.231. The number of allylic oxidation sites excluding steroid dienone is 2. The molecule has 0 N–H and O–H groups in total. The van der Waals surface area contributed by atoms with Gasteiger partial charge in [0.15, 0.2) is 0 Å². The molecule has 1 fully saturated rings. The van der Waals surface area contributed by atoms with Gasteiger partial charge in [0.2, 0.25) is 0 Å². The van der Waals surface area contributed by atoms with Crippen LogP contribution < -0.4 is 0 Å². The summed E-state index contributed by atoms with van der Waals surface area (Å²) in [7, 11) is 0. The van der Waals surface area contributed by atoms with Crippen LogP contribution >= 0.6 is 0 Å². The summed E-state index contributed by atoms with van der Waals surface area (Å²) in [5.74, 6) is 4.11. The number of benzene rings is 1. The van der Waals surface area contributed by atoms with Crippen molar-refractivity contribution in [3.8, 4) is 0 Å². The van der Waals surface area contributed by atoms with Gasteiger partial charge < -0.3 is 0 Å². The van der Waals surface area contributed by atoms with Crippen molar-refractivity contribution >= 4 is 0 Å². The topological polar surface area (TPSA) is 0 Å². The van der Waals surface area contributed by atoms with Crippen LogP contribution in [0.2, 0.25) is 0 Å². The molecule has 0 aromatic heterocycles. The lowest BCUT2D eigenvalue weighted by Crippen LogP contribution is -2.38. The van der Waals surface area contributed by atoms with Gasteiger partial charge in [-0.1, -0.05) is 124 Å². The molecule has 1 aromatic carbocycles. The summed E-state index contributed by atoms with van der Waals surface area (Å²) < 4.78 is 0. The van der Waals surface area contributed by atoms with Gasteiger partial charge in [-0.15, -0.1) is 0 Å². The average molecular weight is 507 g/mol. The Kier molecular flexibility index (Phi) is 11.9. The van der Waals surface area contributed by atoms with Crippen LogP contribution in [-0.4, -0.2) is 0 Å². The van der Waals surface area contributed by atoms with E-state index < -0.39 is 0 Å². The third-order valence-electron chi connectivity index (χ3n) is 10.2. The predicted octanol–water partition coefficient (Wildman–Crippen LogP) is 12.0. The van der Waals surface area contributed by atoms with Gasteiger partial charge in [0.1, 0.15) is 0 Å². The fourth-order valence-corrected chi connectivity index (χ4v) is 7.86. The van der Waals surface area contributed by atoms with E-state index in [0.717, 1.165) is 29.6 Å². The van der Waals surface area contributed by atoms with Crippen LogP contribution in [0.1, 0.15) is 173 Å². The molecule has 3 unspecified atom stereocenters. The largest absolute Gasteiger partial charge is 0.0853 e. The SMILES string of the molecule is CCCCC(C)C.CCCCCc1cc2c(c(C(C)C3CCCCC3)c1)C1CC(C)=CCC1C(C)(C)C2. The van der Waals surface area contributed by atoms with Gasteiger partial charge >= 0.3 is 0 Å². The Bertz CT molecular complexity index is 847. The van der Waals surface area contributed by atoms with Crippen molar-refractivity contribution in [1.82, 2.24) is 0 Å². The minimum Gasteiger partial charge on any atom is -0.0853 e. The molecule has 1 saturated carbocycles. The van der Waals surface area contributed by atoms with Gasteiger partial charge in [-0.25, -0.2) is 0 Å². The average Bonchev–Trinajstić information content (AvgIpc) is 2.87. The Morgan fingerprint density at radius 2 is 1.62 bits per heavy atom. The molecule has 0 bridgehead atoms. The second-order valence-electron chi connectivity index (χ2n) is 14.3. The van der Waals surface area contributed by atoms with Crippen LogP contribution in [0, 0.1) is 23.2 Å². The minimum absolute atomic E-state index is 0.419. The molecule has 0 heteroatoms. The third kappa shape index (κ3) is 8.22. The van der Waals surface area contributed by atoms with E-state index in [4.69, 9.17) is 0 Å². The lowest BCUT2D eigenvalue weighted by atomic mass is 9.56. The van der Waals surface area contributed by atoms with E-state index in [1.54, 1.807) is 22.3 Å². The first kappa shape index (κ1) is 30.5. The smallest absolute Gasteiger partial charge is 0.00828 e. The molecule has 0 radical (unpaired) electrons. The van der Waals surface area contributed by atoms with Crippen molar-refractivity contribution in [2.24, 2.45) is 23.2 Å². The Balaban J connectivity index is 0.000000479. The molecule has 4 rings (SSSR count). The van der Waals surface area contributed by atoms with Crippen molar-refractivity contribution in [3.05, 3.63) is 46.0 Å². The van der Waals surface area contributed by atoms with Crippen molar-refractivity contribution in [2.75, 3.05) is 0 Å². The lowest BCUT2D eigenvalue weighted by Gasteiger charge is -2.49. The van der Waals surface area contributed by atoms with Gasteiger partial charge in [0.05, 0.1) is 0 Å². The zero-order valence-corrected chi connectivity index (χ0v) is 26.2. The fraction of sp³-hybridized carbons (Fsp3) is 0.784. The molecule has 0 heterocycles. The second-order valence-corrected chi connectivity index (χ2v) is 14.3. The zero-order valence-electron chi connectivity index (χ0n) is 26.2. The molecule has 37 heavy (non-hydrogen) atoms. The van der Waals surface area contributed by atoms with Crippen molar-refractivity contribution in [2.45, 2.75) is 164 Å². The molecule has 3 atom stereocenters. The van der Waals surface area contributed by atoms with Gasteiger partial charge in [-0.3, -0.25) is 0 Å². The summed E-state index contributed by atoms with van der Waals surface area (Å²) in [6.45, 7) is 19.2. The second kappa shape index (κ2) is 14.4. The molecule has 3 aliphatic carbocycles. The van der Waals surface area contributed by atoms with Crippen molar-refractivity contribution < 1.29 is 0 Å². The van der Waals surface area contributed by atoms with E-state index >= 15 is 0 Å². The minimum atomic E-state index is 0.419. The van der Waals surface area contributed by atoms with Gasteiger partial charge in [-0.05, 0) is 109 Å². The number of unbranched alkanes of at least 4 members (excludes halogenated alkanes) is 3. The van der Waals surface area contributed by atoms with Crippen molar-refractivity contribution in [1.29, 1.82) is 0 Å². The monoisotopic (exact) mass is 506 g/mol. The van der Waals surface area contributed by atoms with Crippen LogP contribution in [0.15, 0.2) is 23.8 Å². The first-order chi connectivity index (χ1) is 17.7. The number of hydrogen-bond donors (Lipinski definition) is 0. The molecule has 0 aliphatic heterocycles. The first-order valence-electron chi connectivity index (χ1n) is 16.5. The maximum Gasteiger partial charge on any atom is -0.00828 e. The van der Waals surface area contributed by atoms with E-state index in [1.807, 2.05) is 5.56 Å². The Morgan fingerprint density at radius 3 is 2.24 bits per heavy atom. The fourth-order valence-electron chi connectivity index (χ4n) is 7.86. The molecule has 1 aromatic rings. The van der Waals surface area contributed by atoms with Gasteiger partial charge in [0.25, 0.3) is 0 Å². The maximum absolute atomic E-state index is 2.69. The molecule has 3 aliphatic rings. The lowest BCUT2D eigenvalue weighted by molar-refractivity contribution is 0.150. The summed E-state index contributed by atoms with van der Waals surface area (Å²) in [5, 5.41) is 0. The highest BCUT2D eigenvalue weighted by atomic mass is 14.5. The highest BCUT2D eigenvalue weighted by Gasteiger charge is 2.44. The number of hydrogen-bond acceptors (Lipinski definition) is 0. The molecular weight excluding hydrogens is 444 g/mol. The van der Waals surface area contributed by atoms with Crippen LogP contribution in [0.25, 0.3) is 0 Å². The highest BCUT2D eigenvalue weighted by molar-refractivity contribution is 5.48. The zero-order chi connectivity index (χ0) is 27.0. The van der Waals surface area contributed by atoms with Crippen LogP contribution in [0.4, 0.5) is 0 Å². The molecule has 0 saturated heterocycles. The third-order valence-corrected chi connectivity index (χ3v) is 10.2. The van der Waals surface area contributed by atoms with Crippen molar-refractivity contribution in [3.63, 3.8) is 0 Å². The van der Waals surface area contributed by atoms with Crippen LogP contribution in [0.5, 0.6) is 0 Å². The van der Waals surface area contributed by atoms with E-state index in [1.165, 1.54) is 96.3 Å². The maximum atomic E-state index is 2.69. The summed E-state index contributed by atoms with van der Waals surface area (Å²) >= 11 is 0. The van der Waals surface area contributed by atoms with Gasteiger partial charge in [-0.2, -0.15) is 0 Å². The Labute approximate surface area is 232 Å². The van der Waals surface area contributed by atoms with Crippen LogP contribution in [-0.2, 0) is 12.8 Å². The summed E-state index contributed by atoms with van der Waals surface area (Å²) in [6.07, 6.45) is 23.1. The molecule has 0 amide bonds. The summed E-state index contributed by atoms with van der Waals surface area (Å²) in [6, 6.07) is 5.34. The normalized spacial score (nSPS) is 24.0. The van der Waals surface area contributed by atoms with Crippen LogP contribution in [0.3, 0.4) is 0 Å². The number of aryl methyl sites for hydroxylation is 1. The molecule has 0 spiro atoms. The van der Waals surface area contributed by atoms with E-state index in [9.17, 15) is 0 Å². The standard InChI is InChI=1S/C30H46.C7H16/c1-6-7-9-12-23-18-25-20-30(4,5)28-16-15-21(2)17-27(28)29(25)26(19-23)22(3)24-13-10-8-11-14-24;1-4-5-6-7(2)3/h15,18-19,22,24,27-28H,6-14,16-17,20H2,1-5H3;7H,4-6H2,1-3H3. The number of rotatable bonds is 9. The predicted molar refractivity (Wildman–Crippen MR) is 166 cm³/mol. The first-order valence-corrected chi connectivity index (χ1v) is 16.5. The Morgan fingerprint density at radius 1 is 0.919 bits per heavy atom. The highest BCUT2D eigenvalue weighted by Crippen LogP contribution is 2.55. The van der Waals surface area contributed by atoms with Gasteiger partial charge in [0, 0.05) is 0 Å². The van der Waals surface area contributed by atoms with E-state index in [-0.39, 0.29) is 0 Å². The van der Waals surface area contributed by atoms with E-state index in [0.29, 0.717) is 5.41 Å². The summed E-state index contributed by atoms with van der Waals surface area (Å²) in [4.78, 5) is 0. The van der Waals surface area contributed by atoms with E-state index in [2.05, 4.69) is 73.6 Å². The molecule has 210 valence electrons. The Hall–Kier alpha value is -1.04. The molecule has 0 nitrogen and oxygen atoms in total. The number of fused-ring (bicyclic) bond motifs is 3.